The van der Waals surface area contributed by atoms with E-state index in [1.54, 1.807) is 24.3 Å². The van der Waals surface area contributed by atoms with Crippen molar-refractivity contribution in [2.75, 3.05) is 11.9 Å². The Labute approximate surface area is 151 Å². The third kappa shape index (κ3) is 6.27. The average molecular weight is 355 g/mol. The van der Waals surface area contributed by atoms with Gasteiger partial charge in [-0.2, -0.15) is 5.10 Å². The minimum Gasteiger partial charge on any atom is -0.504 e. The lowest BCUT2D eigenvalue weighted by molar-refractivity contribution is -0.124. The third-order valence-electron chi connectivity index (χ3n) is 3.32. The molecule has 136 valence electrons. The van der Waals surface area contributed by atoms with E-state index in [-0.39, 0.29) is 30.4 Å². The highest BCUT2D eigenvalue weighted by molar-refractivity contribution is 5.93. The summed E-state index contributed by atoms with van der Waals surface area (Å²) < 4.78 is 5.28. The van der Waals surface area contributed by atoms with Crippen molar-refractivity contribution in [2.45, 2.75) is 19.8 Å². The smallest absolute Gasteiger partial charge is 0.240 e. The van der Waals surface area contributed by atoms with Crippen LogP contribution in [0.5, 0.6) is 11.5 Å². The molecule has 0 aromatic heterocycles. The Morgan fingerprint density at radius 3 is 2.58 bits per heavy atom. The molecule has 2 aromatic carbocycles. The number of anilines is 1. The summed E-state index contributed by atoms with van der Waals surface area (Å²) in [5.74, 6) is -0.221. The number of carbonyl (C=O) groups is 2. The number of aromatic hydroxyl groups is 1. The van der Waals surface area contributed by atoms with Crippen molar-refractivity contribution in [3.63, 3.8) is 0 Å². The van der Waals surface area contributed by atoms with Crippen molar-refractivity contribution in [1.29, 1.82) is 0 Å². The molecule has 0 radical (unpaired) electrons. The normalized spacial score (nSPS) is 10.5. The van der Waals surface area contributed by atoms with Crippen LogP contribution in [0.15, 0.2) is 53.6 Å². The van der Waals surface area contributed by atoms with Gasteiger partial charge >= 0.3 is 0 Å². The van der Waals surface area contributed by atoms with Crippen LogP contribution in [0.25, 0.3) is 0 Å². The highest BCUT2D eigenvalue weighted by Crippen LogP contribution is 2.26. The molecule has 0 aliphatic rings. The number of hydrogen-bond donors (Lipinski definition) is 3. The largest absolute Gasteiger partial charge is 0.504 e. The molecule has 2 amide bonds. The summed E-state index contributed by atoms with van der Waals surface area (Å²) >= 11 is 0. The second-order valence-corrected chi connectivity index (χ2v) is 5.37. The second kappa shape index (κ2) is 9.83. The van der Waals surface area contributed by atoms with Crippen molar-refractivity contribution in [1.82, 2.24) is 5.43 Å². The predicted octanol–water partition coefficient (Wildman–Crippen LogP) is 2.66. The molecule has 0 bridgehead atoms. The van der Waals surface area contributed by atoms with Crippen LogP contribution in [0.2, 0.25) is 0 Å². The van der Waals surface area contributed by atoms with Gasteiger partial charge < -0.3 is 15.2 Å². The standard InChI is InChI=1S/C19H21N3O4/c1-2-26-17-12-14(8-9-16(17)23)13-20-22-19(25)11-10-18(24)21-15-6-4-3-5-7-15/h3-9,12-13,23H,2,10-11H2,1H3,(H,21,24)(H,22,25)/b20-13+. The average Bonchev–Trinajstić information content (AvgIpc) is 2.64. The minimum atomic E-state index is -0.367. The number of benzene rings is 2. The van der Waals surface area contributed by atoms with E-state index in [4.69, 9.17) is 4.74 Å². The highest BCUT2D eigenvalue weighted by atomic mass is 16.5. The lowest BCUT2D eigenvalue weighted by atomic mass is 10.2. The van der Waals surface area contributed by atoms with Gasteiger partial charge in [0.15, 0.2) is 11.5 Å². The van der Waals surface area contributed by atoms with Crippen LogP contribution in [0.3, 0.4) is 0 Å². The van der Waals surface area contributed by atoms with Crippen LogP contribution in [0.1, 0.15) is 25.3 Å². The fraction of sp³-hybridized carbons (Fsp3) is 0.211. The van der Waals surface area contributed by atoms with E-state index < -0.39 is 0 Å². The first-order valence-corrected chi connectivity index (χ1v) is 8.21. The van der Waals surface area contributed by atoms with Crippen LogP contribution in [0, 0.1) is 0 Å². The van der Waals surface area contributed by atoms with Gasteiger partial charge in [0.05, 0.1) is 12.8 Å². The van der Waals surface area contributed by atoms with E-state index in [0.29, 0.717) is 23.6 Å². The molecular formula is C19H21N3O4. The number of para-hydroxylation sites is 1. The van der Waals surface area contributed by atoms with Crippen molar-refractivity contribution >= 4 is 23.7 Å². The van der Waals surface area contributed by atoms with Gasteiger partial charge in [-0.15, -0.1) is 0 Å². The van der Waals surface area contributed by atoms with E-state index in [1.165, 1.54) is 12.3 Å². The molecule has 7 heteroatoms. The minimum absolute atomic E-state index is 0.0236. The maximum atomic E-state index is 11.8. The molecular weight excluding hydrogens is 334 g/mol. The molecule has 0 aliphatic carbocycles. The fourth-order valence-corrected chi connectivity index (χ4v) is 2.09. The zero-order chi connectivity index (χ0) is 18.8. The molecule has 26 heavy (non-hydrogen) atoms. The number of ether oxygens (including phenoxy) is 1. The molecule has 0 fully saturated rings. The maximum Gasteiger partial charge on any atom is 0.240 e. The summed E-state index contributed by atoms with van der Waals surface area (Å²) in [6.45, 7) is 2.24. The second-order valence-electron chi connectivity index (χ2n) is 5.37. The number of hydrogen-bond acceptors (Lipinski definition) is 5. The van der Waals surface area contributed by atoms with Crippen molar-refractivity contribution in [3.8, 4) is 11.5 Å². The monoisotopic (exact) mass is 355 g/mol. The Hall–Kier alpha value is -3.35. The number of phenolic OH excluding ortho intramolecular Hbond substituents is 1. The van der Waals surface area contributed by atoms with Gasteiger partial charge in [0.2, 0.25) is 11.8 Å². The number of phenols is 1. The molecule has 3 N–H and O–H groups in total. The van der Waals surface area contributed by atoms with Crippen LogP contribution < -0.4 is 15.5 Å². The Morgan fingerprint density at radius 2 is 1.85 bits per heavy atom. The maximum absolute atomic E-state index is 11.8. The summed E-state index contributed by atoms with van der Waals surface area (Å²) in [7, 11) is 0. The van der Waals surface area contributed by atoms with E-state index in [2.05, 4.69) is 15.8 Å². The SMILES string of the molecule is CCOc1cc(/C=N/NC(=O)CCC(=O)Nc2ccccc2)ccc1O. The third-order valence-corrected chi connectivity index (χ3v) is 3.32. The zero-order valence-electron chi connectivity index (χ0n) is 14.4. The molecule has 0 unspecified atom stereocenters. The molecule has 0 spiro atoms. The van der Waals surface area contributed by atoms with E-state index in [1.807, 2.05) is 25.1 Å². The summed E-state index contributed by atoms with van der Waals surface area (Å²) in [5.41, 5.74) is 3.71. The summed E-state index contributed by atoms with van der Waals surface area (Å²) in [6.07, 6.45) is 1.52. The number of nitrogens with zero attached hydrogens (tertiary/aromatic N) is 1. The molecule has 2 aromatic rings. The molecule has 0 saturated carbocycles. The number of amides is 2. The first-order chi connectivity index (χ1) is 12.6. The van der Waals surface area contributed by atoms with Crippen LogP contribution >= 0.6 is 0 Å². The molecule has 0 heterocycles. The number of rotatable bonds is 8. The van der Waals surface area contributed by atoms with Gasteiger partial charge in [0.25, 0.3) is 0 Å². The molecule has 7 nitrogen and oxygen atoms in total. The van der Waals surface area contributed by atoms with Crippen LogP contribution in [-0.2, 0) is 9.59 Å². The van der Waals surface area contributed by atoms with Gasteiger partial charge in [0, 0.05) is 18.5 Å². The Morgan fingerprint density at radius 1 is 1.12 bits per heavy atom. The van der Waals surface area contributed by atoms with Crippen molar-refractivity contribution in [2.24, 2.45) is 5.10 Å². The quantitative estimate of drug-likeness (QED) is 0.501. The Bertz CT molecular complexity index is 776. The topological polar surface area (TPSA) is 100 Å². The first kappa shape index (κ1) is 19.0. The summed E-state index contributed by atoms with van der Waals surface area (Å²) in [5, 5.41) is 16.2. The van der Waals surface area contributed by atoms with Gasteiger partial charge in [0.1, 0.15) is 0 Å². The van der Waals surface area contributed by atoms with E-state index in [9.17, 15) is 14.7 Å². The molecule has 0 saturated heterocycles. The van der Waals surface area contributed by atoms with Gasteiger partial charge in [-0.05, 0) is 42.8 Å². The fourth-order valence-electron chi connectivity index (χ4n) is 2.09. The van der Waals surface area contributed by atoms with Crippen molar-refractivity contribution in [3.05, 3.63) is 54.1 Å². The number of nitrogens with one attached hydrogen (secondary N) is 2. The predicted molar refractivity (Wildman–Crippen MR) is 99.3 cm³/mol. The highest BCUT2D eigenvalue weighted by Gasteiger charge is 2.07. The molecule has 0 atom stereocenters. The first-order valence-electron chi connectivity index (χ1n) is 8.21. The molecule has 0 aliphatic heterocycles. The van der Waals surface area contributed by atoms with Gasteiger partial charge in [-0.1, -0.05) is 18.2 Å². The summed E-state index contributed by atoms with van der Waals surface area (Å²) in [6, 6.07) is 13.8. The van der Waals surface area contributed by atoms with Crippen LogP contribution in [-0.4, -0.2) is 29.7 Å². The lowest BCUT2D eigenvalue weighted by Gasteiger charge is -2.06. The molecule has 2 rings (SSSR count). The zero-order valence-corrected chi connectivity index (χ0v) is 14.4. The van der Waals surface area contributed by atoms with Gasteiger partial charge in [-0.3, -0.25) is 9.59 Å². The van der Waals surface area contributed by atoms with Gasteiger partial charge in [-0.25, -0.2) is 5.43 Å². The van der Waals surface area contributed by atoms with Crippen molar-refractivity contribution < 1.29 is 19.4 Å². The lowest BCUT2D eigenvalue weighted by Crippen LogP contribution is -2.20. The van der Waals surface area contributed by atoms with E-state index >= 15 is 0 Å². The Balaban J connectivity index is 1.77. The summed E-state index contributed by atoms with van der Waals surface area (Å²) in [4.78, 5) is 23.5. The van der Waals surface area contributed by atoms with Crippen LogP contribution in [0.4, 0.5) is 5.69 Å². The Kier molecular flexibility index (Phi) is 7.17. The number of carbonyl (C=O) groups excluding carboxylic acids is 2. The number of hydrazone groups is 1. The van der Waals surface area contributed by atoms with E-state index in [0.717, 1.165) is 0 Å².